The predicted octanol–water partition coefficient (Wildman–Crippen LogP) is 7.77. The van der Waals surface area contributed by atoms with E-state index >= 15 is 0 Å². The molecular formula is C27H23N. The van der Waals surface area contributed by atoms with Crippen molar-refractivity contribution in [3.8, 4) is 11.1 Å². The van der Waals surface area contributed by atoms with E-state index in [2.05, 4.69) is 115 Å². The molecule has 1 nitrogen and oxygen atoms in total. The number of hydrogen-bond acceptors (Lipinski definition) is 1. The molecule has 0 unspecified atom stereocenters. The Morgan fingerprint density at radius 1 is 0.571 bits per heavy atom. The van der Waals surface area contributed by atoms with Crippen LogP contribution in [0.4, 0.5) is 17.1 Å². The lowest BCUT2D eigenvalue weighted by molar-refractivity contribution is 1.27. The number of hydrogen-bond donors (Lipinski definition) is 0. The van der Waals surface area contributed by atoms with Crippen LogP contribution < -0.4 is 4.90 Å². The van der Waals surface area contributed by atoms with E-state index in [-0.39, 0.29) is 0 Å². The SMILES string of the molecule is C=Cc1ccc(N(c2ccc(C)cc2)c2ccc(-c3ccccc3)cc2)cc1. The van der Waals surface area contributed by atoms with Crippen molar-refractivity contribution in [2.24, 2.45) is 0 Å². The fourth-order valence-electron chi connectivity index (χ4n) is 3.33. The Labute approximate surface area is 167 Å². The third-order valence-corrected chi connectivity index (χ3v) is 4.91. The van der Waals surface area contributed by atoms with Gasteiger partial charge in [0.05, 0.1) is 0 Å². The Bertz CT molecular complexity index is 1040. The lowest BCUT2D eigenvalue weighted by atomic mass is 10.0. The van der Waals surface area contributed by atoms with Gasteiger partial charge in [0.1, 0.15) is 0 Å². The third kappa shape index (κ3) is 3.74. The van der Waals surface area contributed by atoms with Gasteiger partial charge in [-0.05, 0) is 60.0 Å². The van der Waals surface area contributed by atoms with E-state index in [1.165, 1.54) is 16.7 Å². The van der Waals surface area contributed by atoms with E-state index in [1.54, 1.807) is 0 Å². The number of anilines is 3. The average Bonchev–Trinajstić information content (AvgIpc) is 2.77. The standard InChI is InChI=1S/C27H23N/c1-3-22-11-17-26(18-12-22)28(25-15-9-21(2)10-16-25)27-19-13-24(14-20-27)23-7-5-4-6-8-23/h3-20H,1H2,2H3. The van der Waals surface area contributed by atoms with Crippen LogP contribution in [0.2, 0.25) is 0 Å². The Morgan fingerprint density at radius 3 is 1.57 bits per heavy atom. The molecule has 0 saturated carbocycles. The second kappa shape index (κ2) is 7.98. The molecule has 0 aromatic heterocycles. The van der Waals surface area contributed by atoms with Crippen molar-refractivity contribution >= 4 is 23.1 Å². The van der Waals surface area contributed by atoms with Crippen molar-refractivity contribution in [1.82, 2.24) is 0 Å². The summed E-state index contributed by atoms with van der Waals surface area (Å²) in [5.74, 6) is 0. The molecule has 0 N–H and O–H groups in total. The van der Waals surface area contributed by atoms with E-state index in [0.717, 1.165) is 22.6 Å². The topological polar surface area (TPSA) is 3.24 Å². The maximum atomic E-state index is 3.86. The number of aryl methyl sites for hydroxylation is 1. The summed E-state index contributed by atoms with van der Waals surface area (Å²) in [6, 6.07) is 36.3. The molecule has 1 heteroatoms. The molecule has 0 aliphatic rings. The molecule has 0 bridgehead atoms. The highest BCUT2D eigenvalue weighted by Gasteiger charge is 2.12. The lowest BCUT2D eigenvalue weighted by Gasteiger charge is -2.26. The summed E-state index contributed by atoms with van der Waals surface area (Å²) in [6.45, 7) is 5.97. The van der Waals surface area contributed by atoms with Crippen LogP contribution in [-0.4, -0.2) is 0 Å². The maximum Gasteiger partial charge on any atom is 0.0462 e. The molecule has 0 aliphatic carbocycles. The number of benzene rings is 4. The van der Waals surface area contributed by atoms with Crippen LogP contribution in [0.25, 0.3) is 17.2 Å². The van der Waals surface area contributed by atoms with E-state index < -0.39 is 0 Å². The van der Waals surface area contributed by atoms with E-state index in [0.29, 0.717) is 0 Å². The van der Waals surface area contributed by atoms with Crippen LogP contribution in [0, 0.1) is 6.92 Å². The summed E-state index contributed by atoms with van der Waals surface area (Å²) in [5, 5.41) is 0. The van der Waals surface area contributed by atoms with Gasteiger partial charge >= 0.3 is 0 Å². The summed E-state index contributed by atoms with van der Waals surface area (Å²) in [7, 11) is 0. The first-order valence-electron chi connectivity index (χ1n) is 9.49. The molecule has 0 saturated heterocycles. The summed E-state index contributed by atoms with van der Waals surface area (Å²) in [5.41, 5.74) is 8.22. The molecule has 0 atom stereocenters. The molecule has 4 aromatic carbocycles. The second-order valence-electron chi connectivity index (χ2n) is 6.88. The molecule has 0 aliphatic heterocycles. The fraction of sp³-hybridized carbons (Fsp3) is 0.0370. The van der Waals surface area contributed by atoms with Gasteiger partial charge in [0.25, 0.3) is 0 Å². The smallest absolute Gasteiger partial charge is 0.0462 e. The van der Waals surface area contributed by atoms with Crippen LogP contribution in [0.3, 0.4) is 0 Å². The number of nitrogens with zero attached hydrogens (tertiary/aromatic N) is 1. The first-order chi connectivity index (χ1) is 13.7. The largest absolute Gasteiger partial charge is 0.311 e. The average molecular weight is 361 g/mol. The zero-order chi connectivity index (χ0) is 19.3. The summed E-state index contributed by atoms with van der Waals surface area (Å²) in [4.78, 5) is 2.28. The predicted molar refractivity (Wildman–Crippen MR) is 121 cm³/mol. The molecule has 0 amide bonds. The molecule has 0 spiro atoms. The van der Waals surface area contributed by atoms with Crippen LogP contribution in [0.1, 0.15) is 11.1 Å². The Kier molecular flexibility index (Phi) is 5.07. The van der Waals surface area contributed by atoms with E-state index in [4.69, 9.17) is 0 Å². The molecule has 28 heavy (non-hydrogen) atoms. The molecule has 0 fully saturated rings. The van der Waals surface area contributed by atoms with Crippen LogP contribution in [0.15, 0.2) is 110 Å². The zero-order valence-electron chi connectivity index (χ0n) is 16.0. The highest BCUT2D eigenvalue weighted by molar-refractivity contribution is 5.78. The lowest BCUT2D eigenvalue weighted by Crippen LogP contribution is -2.09. The quantitative estimate of drug-likeness (QED) is 0.351. The minimum Gasteiger partial charge on any atom is -0.311 e. The first-order valence-corrected chi connectivity index (χ1v) is 9.49. The van der Waals surface area contributed by atoms with Gasteiger partial charge < -0.3 is 4.90 Å². The van der Waals surface area contributed by atoms with Crippen molar-refractivity contribution in [3.05, 3.63) is 121 Å². The van der Waals surface area contributed by atoms with E-state index in [1.807, 2.05) is 12.1 Å². The van der Waals surface area contributed by atoms with Crippen molar-refractivity contribution in [2.75, 3.05) is 4.90 Å². The van der Waals surface area contributed by atoms with Gasteiger partial charge in [-0.3, -0.25) is 0 Å². The molecule has 0 radical (unpaired) electrons. The van der Waals surface area contributed by atoms with Crippen LogP contribution >= 0.6 is 0 Å². The summed E-state index contributed by atoms with van der Waals surface area (Å²) < 4.78 is 0. The van der Waals surface area contributed by atoms with Crippen molar-refractivity contribution in [1.29, 1.82) is 0 Å². The van der Waals surface area contributed by atoms with Gasteiger partial charge in [-0.15, -0.1) is 0 Å². The van der Waals surface area contributed by atoms with Crippen LogP contribution in [-0.2, 0) is 0 Å². The Morgan fingerprint density at radius 2 is 1.04 bits per heavy atom. The van der Waals surface area contributed by atoms with Gasteiger partial charge in [-0.2, -0.15) is 0 Å². The van der Waals surface area contributed by atoms with Gasteiger partial charge in [-0.1, -0.05) is 84.9 Å². The minimum atomic E-state index is 1.12. The Balaban J connectivity index is 1.76. The maximum absolute atomic E-state index is 3.86. The van der Waals surface area contributed by atoms with Crippen molar-refractivity contribution < 1.29 is 0 Å². The minimum absolute atomic E-state index is 1.12. The molecule has 4 aromatic rings. The Hall–Kier alpha value is -3.58. The first kappa shape index (κ1) is 17.8. The molecule has 0 heterocycles. The molecular weight excluding hydrogens is 338 g/mol. The van der Waals surface area contributed by atoms with Gasteiger partial charge in [0.15, 0.2) is 0 Å². The van der Waals surface area contributed by atoms with E-state index in [9.17, 15) is 0 Å². The fourth-order valence-corrected chi connectivity index (χ4v) is 3.33. The van der Waals surface area contributed by atoms with Gasteiger partial charge in [0, 0.05) is 17.1 Å². The van der Waals surface area contributed by atoms with Crippen molar-refractivity contribution in [2.45, 2.75) is 6.92 Å². The summed E-state index contributed by atoms with van der Waals surface area (Å²) >= 11 is 0. The molecule has 4 rings (SSSR count). The second-order valence-corrected chi connectivity index (χ2v) is 6.88. The third-order valence-electron chi connectivity index (χ3n) is 4.91. The molecule has 136 valence electrons. The van der Waals surface area contributed by atoms with Gasteiger partial charge in [0.2, 0.25) is 0 Å². The highest BCUT2D eigenvalue weighted by atomic mass is 15.1. The normalized spacial score (nSPS) is 10.5. The van der Waals surface area contributed by atoms with Crippen molar-refractivity contribution in [3.63, 3.8) is 0 Å². The monoisotopic (exact) mass is 361 g/mol. The zero-order valence-corrected chi connectivity index (χ0v) is 16.0. The summed E-state index contributed by atoms with van der Waals surface area (Å²) in [6.07, 6.45) is 1.87. The van der Waals surface area contributed by atoms with Gasteiger partial charge in [-0.25, -0.2) is 0 Å². The van der Waals surface area contributed by atoms with Crippen LogP contribution in [0.5, 0.6) is 0 Å². The number of rotatable bonds is 5. The highest BCUT2D eigenvalue weighted by Crippen LogP contribution is 2.35.